The smallest absolute Gasteiger partial charge is 0.354 e. The van der Waals surface area contributed by atoms with Crippen LogP contribution < -0.4 is 14.8 Å². The molecule has 7 heteroatoms. The monoisotopic (exact) mass is 417 g/mol. The lowest BCUT2D eigenvalue weighted by atomic mass is 10.1. The van der Waals surface area contributed by atoms with E-state index in [1.165, 1.54) is 6.08 Å². The SMILES string of the molecule is CCOC(=O)/C(=C/c1ccc2c(c1)OCO2)NC(=O)c1cccc(Br)c1. The molecule has 0 aromatic heterocycles. The molecular formula is C19H16BrNO5. The summed E-state index contributed by atoms with van der Waals surface area (Å²) in [5, 5.41) is 2.62. The van der Waals surface area contributed by atoms with E-state index in [0.29, 0.717) is 22.6 Å². The number of hydrogen-bond acceptors (Lipinski definition) is 5. The molecule has 0 spiro atoms. The molecule has 1 heterocycles. The minimum atomic E-state index is -0.617. The van der Waals surface area contributed by atoms with E-state index in [0.717, 1.165) is 4.47 Å². The van der Waals surface area contributed by atoms with Gasteiger partial charge in [-0.2, -0.15) is 0 Å². The minimum absolute atomic E-state index is 0.0377. The molecule has 26 heavy (non-hydrogen) atoms. The molecule has 2 aromatic rings. The molecule has 0 aliphatic carbocycles. The van der Waals surface area contributed by atoms with Crippen molar-refractivity contribution < 1.29 is 23.8 Å². The highest BCUT2D eigenvalue weighted by atomic mass is 79.9. The summed E-state index contributed by atoms with van der Waals surface area (Å²) >= 11 is 3.32. The summed E-state index contributed by atoms with van der Waals surface area (Å²) in [5.74, 6) is 0.193. The van der Waals surface area contributed by atoms with Gasteiger partial charge in [0.2, 0.25) is 6.79 Å². The molecule has 1 N–H and O–H groups in total. The number of carbonyl (C=O) groups is 2. The molecule has 2 aromatic carbocycles. The average Bonchev–Trinajstić information content (AvgIpc) is 3.09. The highest BCUT2D eigenvalue weighted by molar-refractivity contribution is 9.10. The van der Waals surface area contributed by atoms with Crippen molar-refractivity contribution in [1.82, 2.24) is 5.32 Å². The maximum absolute atomic E-state index is 12.5. The molecule has 0 unspecified atom stereocenters. The van der Waals surface area contributed by atoms with Gasteiger partial charge in [-0.15, -0.1) is 0 Å². The number of ether oxygens (including phenoxy) is 3. The predicted octanol–water partition coefficient (Wildman–Crippen LogP) is 3.51. The van der Waals surface area contributed by atoms with Gasteiger partial charge in [0.15, 0.2) is 11.5 Å². The molecule has 1 aliphatic heterocycles. The number of amides is 1. The summed E-state index contributed by atoms with van der Waals surface area (Å²) in [6.07, 6.45) is 1.54. The van der Waals surface area contributed by atoms with Gasteiger partial charge in [0.25, 0.3) is 5.91 Å². The van der Waals surface area contributed by atoms with Gasteiger partial charge in [-0.3, -0.25) is 4.79 Å². The zero-order valence-electron chi connectivity index (χ0n) is 14.0. The molecule has 0 radical (unpaired) electrons. The first-order valence-corrected chi connectivity index (χ1v) is 8.71. The van der Waals surface area contributed by atoms with E-state index >= 15 is 0 Å². The number of fused-ring (bicyclic) bond motifs is 1. The summed E-state index contributed by atoms with van der Waals surface area (Å²) in [6.45, 7) is 2.06. The number of nitrogens with one attached hydrogen (secondary N) is 1. The van der Waals surface area contributed by atoms with Crippen LogP contribution in [0.15, 0.2) is 52.6 Å². The summed E-state index contributed by atoms with van der Waals surface area (Å²) < 4.78 is 16.4. The molecule has 0 saturated carbocycles. The number of esters is 1. The second-order valence-electron chi connectivity index (χ2n) is 5.36. The number of carbonyl (C=O) groups excluding carboxylic acids is 2. The van der Waals surface area contributed by atoms with E-state index in [2.05, 4.69) is 21.2 Å². The fourth-order valence-corrected chi connectivity index (χ4v) is 2.75. The number of hydrogen-bond donors (Lipinski definition) is 1. The molecule has 1 amide bonds. The van der Waals surface area contributed by atoms with Crippen molar-refractivity contribution in [2.45, 2.75) is 6.92 Å². The topological polar surface area (TPSA) is 73.9 Å². The molecule has 0 bridgehead atoms. The summed E-state index contributed by atoms with van der Waals surface area (Å²) in [4.78, 5) is 24.7. The van der Waals surface area contributed by atoms with E-state index < -0.39 is 11.9 Å². The summed E-state index contributed by atoms with van der Waals surface area (Å²) in [6, 6.07) is 12.1. The predicted molar refractivity (Wildman–Crippen MR) is 98.8 cm³/mol. The van der Waals surface area contributed by atoms with E-state index in [1.54, 1.807) is 43.3 Å². The van der Waals surface area contributed by atoms with Crippen LogP contribution in [-0.4, -0.2) is 25.3 Å². The van der Waals surface area contributed by atoms with Gasteiger partial charge in [-0.1, -0.05) is 28.1 Å². The van der Waals surface area contributed by atoms with Gasteiger partial charge in [0.1, 0.15) is 5.70 Å². The standard InChI is InChI=1S/C19H16BrNO5/c1-2-24-19(23)15(21-18(22)13-4-3-5-14(20)10-13)8-12-6-7-16-17(9-12)26-11-25-16/h3-10H,2,11H2,1H3,(H,21,22)/b15-8-. The normalized spacial score (nSPS) is 12.6. The zero-order chi connectivity index (χ0) is 18.5. The number of halogens is 1. The van der Waals surface area contributed by atoms with Crippen LogP contribution in [0, 0.1) is 0 Å². The maximum Gasteiger partial charge on any atom is 0.354 e. The largest absolute Gasteiger partial charge is 0.461 e. The van der Waals surface area contributed by atoms with Gasteiger partial charge >= 0.3 is 5.97 Å². The van der Waals surface area contributed by atoms with Crippen LogP contribution in [0.1, 0.15) is 22.8 Å². The third-order valence-corrected chi connectivity index (χ3v) is 4.03. The van der Waals surface area contributed by atoms with Gasteiger partial charge in [-0.25, -0.2) is 4.79 Å². The number of rotatable bonds is 5. The Hall–Kier alpha value is -2.80. The molecule has 134 valence electrons. The Labute approximate surface area is 158 Å². The molecular weight excluding hydrogens is 402 g/mol. The van der Waals surface area contributed by atoms with Gasteiger partial charge in [0, 0.05) is 10.0 Å². The first kappa shape index (κ1) is 18.0. The molecule has 0 atom stereocenters. The molecule has 0 saturated heterocycles. The van der Waals surface area contributed by atoms with Crippen LogP contribution in [0.2, 0.25) is 0 Å². The van der Waals surface area contributed by atoms with Crippen molar-refractivity contribution in [3.8, 4) is 11.5 Å². The van der Waals surface area contributed by atoms with E-state index in [1.807, 2.05) is 6.07 Å². The van der Waals surface area contributed by atoms with Crippen molar-refractivity contribution >= 4 is 33.9 Å². The lowest BCUT2D eigenvalue weighted by molar-refractivity contribution is -0.138. The van der Waals surface area contributed by atoms with Gasteiger partial charge in [-0.05, 0) is 48.9 Å². The van der Waals surface area contributed by atoms with E-state index in [-0.39, 0.29) is 19.1 Å². The highest BCUT2D eigenvalue weighted by Crippen LogP contribution is 2.33. The van der Waals surface area contributed by atoms with Crippen LogP contribution >= 0.6 is 15.9 Å². The third-order valence-electron chi connectivity index (χ3n) is 3.54. The Morgan fingerprint density at radius 2 is 2.00 bits per heavy atom. The Kier molecular flexibility index (Phi) is 5.58. The lowest BCUT2D eigenvalue weighted by Gasteiger charge is -2.10. The Bertz CT molecular complexity index is 878. The maximum atomic E-state index is 12.5. The van der Waals surface area contributed by atoms with Crippen molar-refractivity contribution in [3.05, 3.63) is 63.8 Å². The first-order valence-electron chi connectivity index (χ1n) is 7.92. The molecule has 1 aliphatic rings. The van der Waals surface area contributed by atoms with E-state index in [9.17, 15) is 9.59 Å². The summed E-state index contributed by atoms with van der Waals surface area (Å²) in [7, 11) is 0. The highest BCUT2D eigenvalue weighted by Gasteiger charge is 2.17. The molecule has 6 nitrogen and oxygen atoms in total. The second kappa shape index (κ2) is 8.05. The zero-order valence-corrected chi connectivity index (χ0v) is 15.5. The van der Waals surface area contributed by atoms with Crippen molar-refractivity contribution in [2.24, 2.45) is 0 Å². The minimum Gasteiger partial charge on any atom is -0.461 e. The Balaban J connectivity index is 1.87. The van der Waals surface area contributed by atoms with Crippen molar-refractivity contribution in [2.75, 3.05) is 13.4 Å². The lowest BCUT2D eigenvalue weighted by Crippen LogP contribution is -2.28. The molecule has 0 fully saturated rings. The Morgan fingerprint density at radius 3 is 2.77 bits per heavy atom. The van der Waals surface area contributed by atoms with E-state index in [4.69, 9.17) is 14.2 Å². The van der Waals surface area contributed by atoms with Gasteiger partial charge in [0.05, 0.1) is 6.61 Å². The fraction of sp³-hybridized carbons (Fsp3) is 0.158. The van der Waals surface area contributed by atoms with Crippen molar-refractivity contribution in [3.63, 3.8) is 0 Å². The molecule has 3 rings (SSSR count). The van der Waals surface area contributed by atoms with Crippen molar-refractivity contribution in [1.29, 1.82) is 0 Å². The van der Waals surface area contributed by atoms with Crippen LogP contribution in [0.4, 0.5) is 0 Å². The third kappa shape index (κ3) is 4.23. The average molecular weight is 418 g/mol. The quantitative estimate of drug-likeness (QED) is 0.594. The van der Waals surface area contributed by atoms with Crippen LogP contribution in [0.3, 0.4) is 0 Å². The van der Waals surface area contributed by atoms with Crippen LogP contribution in [0.5, 0.6) is 11.5 Å². The number of benzene rings is 2. The van der Waals surface area contributed by atoms with Gasteiger partial charge < -0.3 is 19.5 Å². The Morgan fingerprint density at radius 1 is 1.19 bits per heavy atom. The van der Waals surface area contributed by atoms with Crippen LogP contribution in [-0.2, 0) is 9.53 Å². The first-order chi connectivity index (χ1) is 12.6. The second-order valence-corrected chi connectivity index (χ2v) is 6.27. The fourth-order valence-electron chi connectivity index (χ4n) is 2.35. The van der Waals surface area contributed by atoms with Crippen LogP contribution in [0.25, 0.3) is 6.08 Å². The summed E-state index contributed by atoms with van der Waals surface area (Å²) in [5.41, 5.74) is 1.13.